The molecule has 0 N–H and O–H groups in total. The van der Waals surface area contributed by atoms with Gasteiger partial charge < -0.3 is 9.47 Å². The molecule has 0 saturated heterocycles. The first-order chi connectivity index (χ1) is 11.7. The Labute approximate surface area is 140 Å². The van der Waals surface area contributed by atoms with Crippen LogP contribution in [0.25, 0.3) is 22.2 Å². The molecular formula is C20H19NO3. The zero-order valence-electron chi connectivity index (χ0n) is 13.8. The van der Waals surface area contributed by atoms with Crippen LogP contribution < -0.4 is 9.47 Å². The summed E-state index contributed by atoms with van der Waals surface area (Å²) in [6, 6.07) is 13.9. The molecular weight excluding hydrogens is 302 g/mol. The van der Waals surface area contributed by atoms with Crippen LogP contribution in [-0.4, -0.2) is 24.2 Å². The first-order valence-electron chi connectivity index (χ1n) is 8.16. The van der Waals surface area contributed by atoms with Gasteiger partial charge in [0.2, 0.25) is 5.91 Å². The molecule has 0 unspecified atom stereocenters. The van der Waals surface area contributed by atoms with Crippen LogP contribution in [0, 0.1) is 0 Å². The summed E-state index contributed by atoms with van der Waals surface area (Å²) in [6.45, 7) is 2.25. The number of carbonyl (C=O) groups is 1. The van der Waals surface area contributed by atoms with Gasteiger partial charge in [-0.05, 0) is 36.1 Å². The number of ether oxygens (including phenoxy) is 2. The van der Waals surface area contributed by atoms with Gasteiger partial charge in [0, 0.05) is 12.3 Å². The van der Waals surface area contributed by atoms with Crippen molar-refractivity contribution in [2.75, 3.05) is 13.7 Å². The van der Waals surface area contributed by atoms with Crippen LogP contribution in [0.4, 0.5) is 0 Å². The summed E-state index contributed by atoms with van der Waals surface area (Å²) in [5, 5.41) is 1.00. The Morgan fingerprint density at radius 1 is 1.17 bits per heavy atom. The number of carbonyl (C=O) groups excluding carboxylic acids is 1. The molecule has 0 radical (unpaired) electrons. The predicted molar refractivity (Wildman–Crippen MR) is 94.0 cm³/mol. The molecule has 2 aromatic carbocycles. The molecule has 0 saturated carbocycles. The van der Waals surface area contributed by atoms with Gasteiger partial charge in [-0.15, -0.1) is 0 Å². The summed E-state index contributed by atoms with van der Waals surface area (Å²) < 4.78 is 13.3. The SMILES string of the molecule is COc1ccc2c3c(c(-c4ccccc4)n2C(C)=O)CCCOc13. The maximum absolute atomic E-state index is 12.4. The van der Waals surface area contributed by atoms with E-state index in [1.54, 1.807) is 18.6 Å². The highest BCUT2D eigenvalue weighted by Crippen LogP contribution is 2.45. The minimum Gasteiger partial charge on any atom is -0.493 e. The topological polar surface area (TPSA) is 40.5 Å². The maximum Gasteiger partial charge on any atom is 0.228 e. The summed E-state index contributed by atoms with van der Waals surface area (Å²) in [5.41, 5.74) is 4.07. The summed E-state index contributed by atoms with van der Waals surface area (Å²) in [4.78, 5) is 12.4. The van der Waals surface area contributed by atoms with Crippen LogP contribution in [0.3, 0.4) is 0 Å². The molecule has 122 valence electrons. The van der Waals surface area contributed by atoms with Gasteiger partial charge in [0.15, 0.2) is 11.5 Å². The highest BCUT2D eigenvalue weighted by atomic mass is 16.5. The van der Waals surface area contributed by atoms with E-state index in [0.29, 0.717) is 12.4 Å². The number of aromatic nitrogens is 1. The van der Waals surface area contributed by atoms with E-state index >= 15 is 0 Å². The molecule has 24 heavy (non-hydrogen) atoms. The summed E-state index contributed by atoms with van der Waals surface area (Å²) >= 11 is 0. The van der Waals surface area contributed by atoms with Gasteiger partial charge in [-0.1, -0.05) is 30.3 Å². The summed E-state index contributed by atoms with van der Waals surface area (Å²) in [7, 11) is 1.64. The van der Waals surface area contributed by atoms with Crippen molar-refractivity contribution in [2.45, 2.75) is 19.8 Å². The zero-order valence-corrected chi connectivity index (χ0v) is 13.8. The lowest BCUT2D eigenvalue weighted by Crippen LogP contribution is -2.08. The second-order valence-corrected chi connectivity index (χ2v) is 5.99. The van der Waals surface area contributed by atoms with E-state index in [0.717, 1.165) is 46.3 Å². The smallest absolute Gasteiger partial charge is 0.228 e. The third kappa shape index (κ3) is 2.10. The molecule has 1 aliphatic rings. The quantitative estimate of drug-likeness (QED) is 0.706. The van der Waals surface area contributed by atoms with Crippen molar-refractivity contribution in [3.63, 3.8) is 0 Å². The van der Waals surface area contributed by atoms with Crippen molar-refractivity contribution < 1.29 is 14.3 Å². The predicted octanol–water partition coefficient (Wildman–Crippen LogP) is 4.30. The number of hydrogen-bond acceptors (Lipinski definition) is 3. The van der Waals surface area contributed by atoms with Crippen molar-refractivity contribution in [3.05, 3.63) is 48.0 Å². The van der Waals surface area contributed by atoms with Gasteiger partial charge in [-0.2, -0.15) is 0 Å². The third-order valence-electron chi connectivity index (χ3n) is 4.55. The number of aryl methyl sites for hydroxylation is 1. The second-order valence-electron chi connectivity index (χ2n) is 5.99. The number of hydrogen-bond donors (Lipinski definition) is 0. The van der Waals surface area contributed by atoms with Crippen LogP contribution in [-0.2, 0) is 6.42 Å². The average Bonchev–Trinajstić information content (AvgIpc) is 2.77. The van der Waals surface area contributed by atoms with Gasteiger partial charge in [-0.3, -0.25) is 9.36 Å². The molecule has 0 atom stereocenters. The van der Waals surface area contributed by atoms with Gasteiger partial charge >= 0.3 is 0 Å². The lowest BCUT2D eigenvalue weighted by molar-refractivity contribution is 0.0943. The third-order valence-corrected chi connectivity index (χ3v) is 4.55. The van der Waals surface area contributed by atoms with Crippen LogP contribution in [0.15, 0.2) is 42.5 Å². The Hall–Kier alpha value is -2.75. The average molecular weight is 321 g/mol. The molecule has 2 heterocycles. The normalized spacial score (nSPS) is 13.4. The zero-order chi connectivity index (χ0) is 16.7. The van der Waals surface area contributed by atoms with E-state index in [2.05, 4.69) is 0 Å². The van der Waals surface area contributed by atoms with E-state index in [1.165, 1.54) is 0 Å². The van der Waals surface area contributed by atoms with Crippen molar-refractivity contribution >= 4 is 16.8 Å². The highest BCUT2D eigenvalue weighted by Gasteiger charge is 2.26. The lowest BCUT2D eigenvalue weighted by atomic mass is 10.0. The van der Waals surface area contributed by atoms with Crippen LogP contribution >= 0.6 is 0 Å². The van der Waals surface area contributed by atoms with Gasteiger partial charge in [0.05, 0.1) is 24.9 Å². The van der Waals surface area contributed by atoms with E-state index in [-0.39, 0.29) is 5.91 Å². The van der Waals surface area contributed by atoms with Gasteiger partial charge in [0.1, 0.15) is 0 Å². The molecule has 0 spiro atoms. The fraction of sp³-hybridized carbons (Fsp3) is 0.250. The van der Waals surface area contributed by atoms with E-state index in [4.69, 9.17) is 9.47 Å². The first-order valence-corrected chi connectivity index (χ1v) is 8.16. The van der Waals surface area contributed by atoms with E-state index in [1.807, 2.05) is 42.5 Å². The number of benzene rings is 2. The van der Waals surface area contributed by atoms with Crippen LogP contribution in [0.5, 0.6) is 11.5 Å². The molecule has 1 aromatic heterocycles. The molecule has 0 bridgehead atoms. The van der Waals surface area contributed by atoms with Crippen molar-refractivity contribution in [3.8, 4) is 22.8 Å². The Kier molecular flexibility index (Phi) is 3.53. The van der Waals surface area contributed by atoms with Crippen LogP contribution in [0.2, 0.25) is 0 Å². The van der Waals surface area contributed by atoms with Crippen molar-refractivity contribution in [2.24, 2.45) is 0 Å². The minimum absolute atomic E-state index is 0.00166. The molecule has 0 amide bonds. The van der Waals surface area contributed by atoms with Gasteiger partial charge in [-0.25, -0.2) is 0 Å². The monoisotopic (exact) mass is 321 g/mol. The highest BCUT2D eigenvalue weighted by molar-refractivity contribution is 6.04. The molecule has 4 heteroatoms. The molecule has 0 aliphatic carbocycles. The molecule has 0 fully saturated rings. The number of rotatable bonds is 2. The molecule has 4 nitrogen and oxygen atoms in total. The number of nitrogens with zero attached hydrogens (tertiary/aromatic N) is 1. The molecule has 3 aromatic rings. The first kappa shape index (κ1) is 14.8. The van der Waals surface area contributed by atoms with Crippen molar-refractivity contribution in [1.29, 1.82) is 0 Å². The van der Waals surface area contributed by atoms with Crippen molar-refractivity contribution in [1.82, 2.24) is 4.57 Å². The van der Waals surface area contributed by atoms with Crippen LogP contribution in [0.1, 0.15) is 23.7 Å². The lowest BCUT2D eigenvalue weighted by Gasteiger charge is -2.11. The Morgan fingerprint density at radius 3 is 2.67 bits per heavy atom. The number of methoxy groups -OCH3 is 1. The molecule has 1 aliphatic heterocycles. The standard InChI is InChI=1S/C20H19NO3/c1-13(22)21-16-10-11-17(23-2)20-18(16)15(9-6-12-24-20)19(21)14-7-4-3-5-8-14/h3-5,7-8,10-11H,6,9,12H2,1-2H3. The second kappa shape index (κ2) is 5.71. The minimum atomic E-state index is 0.00166. The maximum atomic E-state index is 12.4. The Bertz CT molecular complexity index is 925. The Morgan fingerprint density at radius 2 is 1.96 bits per heavy atom. The molecule has 4 rings (SSSR count). The van der Waals surface area contributed by atoms with E-state index < -0.39 is 0 Å². The fourth-order valence-corrected chi connectivity index (χ4v) is 3.60. The fourth-order valence-electron chi connectivity index (χ4n) is 3.60. The van der Waals surface area contributed by atoms with Gasteiger partial charge in [0.25, 0.3) is 0 Å². The Balaban J connectivity index is 2.17. The summed E-state index contributed by atoms with van der Waals surface area (Å²) in [5.74, 6) is 1.47. The van der Waals surface area contributed by atoms with E-state index in [9.17, 15) is 4.79 Å². The summed E-state index contributed by atoms with van der Waals surface area (Å²) in [6.07, 6.45) is 1.79. The largest absolute Gasteiger partial charge is 0.493 e.